The van der Waals surface area contributed by atoms with Crippen LogP contribution in [0.25, 0.3) is 111 Å². The number of fused-ring (bicyclic) bond motifs is 6. The molecular formula is C65H45F5N2. The van der Waals surface area contributed by atoms with Crippen molar-refractivity contribution in [3.8, 4) is 67.0 Å². The summed E-state index contributed by atoms with van der Waals surface area (Å²) in [4.78, 5) is 0. The van der Waals surface area contributed by atoms with E-state index >= 15 is 22.0 Å². The molecule has 0 amide bonds. The molecule has 7 heteroatoms. The van der Waals surface area contributed by atoms with Crippen molar-refractivity contribution in [3.63, 3.8) is 0 Å². The minimum atomic E-state index is -4.98. The standard InChI is InChI=1S/C65H45F5N2/c1-38-9-5-13-42(25-38)46-17-21-54-55-22-18-47(43-14-6-10-39(2)26-43)32-59(55)71(58(54)31-46)62-35-51(50-29-52(66)37-53(67)30-50)36-63(64(62)65(68,69)70)72-60-33-48(44-15-7-11-40(3)27-44)19-23-56(60)57-24-20-49(34-61(57)72)45-16-8-12-41(4)28-45/h5-37H,1-4H3. The summed E-state index contributed by atoms with van der Waals surface area (Å²) < 4.78 is 85.8. The molecule has 0 aliphatic heterocycles. The van der Waals surface area contributed by atoms with E-state index in [4.69, 9.17) is 0 Å². The van der Waals surface area contributed by atoms with Gasteiger partial charge in [0.2, 0.25) is 0 Å². The molecule has 0 radical (unpaired) electrons. The summed E-state index contributed by atoms with van der Waals surface area (Å²) >= 11 is 0. The molecule has 0 saturated carbocycles. The Hall–Kier alpha value is -8.55. The van der Waals surface area contributed by atoms with Crippen molar-refractivity contribution < 1.29 is 22.0 Å². The van der Waals surface area contributed by atoms with Crippen LogP contribution in [0, 0.1) is 39.3 Å². The monoisotopic (exact) mass is 948 g/mol. The molecule has 0 spiro atoms. The summed E-state index contributed by atoms with van der Waals surface area (Å²) in [6.07, 6.45) is -4.98. The van der Waals surface area contributed by atoms with E-state index in [-0.39, 0.29) is 22.5 Å². The first-order valence-electron chi connectivity index (χ1n) is 23.9. The van der Waals surface area contributed by atoms with Gasteiger partial charge in [-0.15, -0.1) is 0 Å². The van der Waals surface area contributed by atoms with E-state index in [1.807, 2.05) is 173 Å². The second-order valence-corrected chi connectivity index (χ2v) is 19.1. The maximum absolute atomic E-state index is 17.2. The first-order chi connectivity index (χ1) is 34.7. The Bertz CT molecular complexity index is 3710. The summed E-state index contributed by atoms with van der Waals surface area (Å²) in [6, 6.07) is 61.9. The largest absolute Gasteiger partial charge is 0.420 e. The normalized spacial score (nSPS) is 12.0. The quantitative estimate of drug-likeness (QED) is 0.141. The zero-order chi connectivity index (χ0) is 49.6. The molecular weight excluding hydrogens is 904 g/mol. The molecule has 2 aromatic heterocycles. The van der Waals surface area contributed by atoms with E-state index < -0.39 is 23.4 Å². The average Bonchev–Trinajstić information content (AvgIpc) is 3.86. The zero-order valence-electron chi connectivity index (χ0n) is 39.8. The van der Waals surface area contributed by atoms with Crippen LogP contribution in [0.3, 0.4) is 0 Å². The Morgan fingerprint density at radius 2 is 0.569 bits per heavy atom. The third-order valence-corrected chi connectivity index (χ3v) is 14.0. The van der Waals surface area contributed by atoms with Gasteiger partial charge < -0.3 is 9.13 Å². The van der Waals surface area contributed by atoms with E-state index in [1.165, 1.54) is 24.3 Å². The first kappa shape index (κ1) is 44.6. The molecule has 0 aliphatic carbocycles. The average molecular weight is 949 g/mol. The summed E-state index contributed by atoms with van der Waals surface area (Å²) in [5.41, 5.74) is 12.2. The fourth-order valence-corrected chi connectivity index (χ4v) is 10.7. The van der Waals surface area contributed by atoms with Gasteiger partial charge in [-0.3, -0.25) is 0 Å². The lowest BCUT2D eigenvalue weighted by Crippen LogP contribution is -2.16. The van der Waals surface area contributed by atoms with E-state index in [0.29, 0.717) is 22.1 Å². The zero-order valence-corrected chi connectivity index (χ0v) is 39.8. The lowest BCUT2D eigenvalue weighted by molar-refractivity contribution is -0.137. The molecule has 0 atom stereocenters. The highest BCUT2D eigenvalue weighted by Crippen LogP contribution is 2.48. The number of benzene rings is 10. The van der Waals surface area contributed by atoms with Crippen LogP contribution < -0.4 is 0 Å². The van der Waals surface area contributed by atoms with Gasteiger partial charge in [-0.1, -0.05) is 168 Å². The molecule has 10 aromatic carbocycles. The number of rotatable bonds is 7. The van der Waals surface area contributed by atoms with Crippen molar-refractivity contribution in [1.82, 2.24) is 9.13 Å². The van der Waals surface area contributed by atoms with E-state index in [0.717, 1.165) is 94.4 Å². The van der Waals surface area contributed by atoms with Crippen molar-refractivity contribution in [2.75, 3.05) is 0 Å². The maximum atomic E-state index is 17.2. The summed E-state index contributed by atoms with van der Waals surface area (Å²) in [6.45, 7) is 8.02. The number of halogens is 5. The predicted molar refractivity (Wildman–Crippen MR) is 286 cm³/mol. The first-order valence-corrected chi connectivity index (χ1v) is 23.9. The van der Waals surface area contributed by atoms with Gasteiger partial charge in [0.25, 0.3) is 0 Å². The molecule has 0 bridgehead atoms. The van der Waals surface area contributed by atoms with E-state index in [2.05, 4.69) is 24.3 Å². The summed E-state index contributed by atoms with van der Waals surface area (Å²) in [5, 5.41) is 2.99. The van der Waals surface area contributed by atoms with Crippen LogP contribution in [-0.2, 0) is 6.18 Å². The summed E-state index contributed by atoms with van der Waals surface area (Å²) in [7, 11) is 0. The number of hydrogen-bond donors (Lipinski definition) is 0. The van der Waals surface area contributed by atoms with Gasteiger partial charge in [0.15, 0.2) is 0 Å². The number of aromatic nitrogens is 2. The molecule has 2 heterocycles. The topological polar surface area (TPSA) is 9.86 Å². The number of aryl methyl sites for hydroxylation is 4. The van der Waals surface area contributed by atoms with Crippen molar-refractivity contribution in [3.05, 3.63) is 240 Å². The van der Waals surface area contributed by atoms with Gasteiger partial charge in [-0.25, -0.2) is 8.78 Å². The maximum Gasteiger partial charge on any atom is 0.420 e. The van der Waals surface area contributed by atoms with Gasteiger partial charge >= 0.3 is 6.18 Å². The minimum absolute atomic E-state index is 0.0899. The third-order valence-electron chi connectivity index (χ3n) is 14.0. The van der Waals surface area contributed by atoms with Gasteiger partial charge in [-0.05, 0) is 132 Å². The molecule has 0 saturated heterocycles. The second-order valence-electron chi connectivity index (χ2n) is 19.1. The van der Waals surface area contributed by atoms with Gasteiger partial charge in [0, 0.05) is 27.6 Å². The van der Waals surface area contributed by atoms with Crippen molar-refractivity contribution >= 4 is 43.6 Å². The molecule has 0 aliphatic rings. The summed E-state index contributed by atoms with van der Waals surface area (Å²) in [5.74, 6) is -1.70. The highest BCUT2D eigenvalue weighted by molar-refractivity contribution is 6.13. The molecule has 12 aromatic rings. The molecule has 72 heavy (non-hydrogen) atoms. The lowest BCUT2D eigenvalue weighted by atomic mass is 9.98. The Morgan fingerprint density at radius 3 is 0.847 bits per heavy atom. The Balaban J connectivity index is 1.27. The van der Waals surface area contributed by atoms with Crippen LogP contribution in [0.5, 0.6) is 0 Å². The van der Waals surface area contributed by atoms with Crippen LogP contribution in [0.15, 0.2) is 200 Å². The molecule has 2 nitrogen and oxygen atoms in total. The molecule has 0 N–H and O–H groups in total. The Kier molecular flexibility index (Phi) is 10.6. The predicted octanol–water partition coefficient (Wildman–Crippen LogP) is 18.7. The fraction of sp³-hybridized carbons (Fsp3) is 0.0769. The Labute approximate surface area is 413 Å². The van der Waals surface area contributed by atoms with E-state index in [1.54, 1.807) is 9.13 Å². The van der Waals surface area contributed by atoms with Crippen LogP contribution in [0.4, 0.5) is 22.0 Å². The number of hydrogen-bond acceptors (Lipinski definition) is 0. The minimum Gasteiger partial charge on any atom is -0.308 e. The highest BCUT2D eigenvalue weighted by atomic mass is 19.4. The molecule has 12 rings (SSSR count). The van der Waals surface area contributed by atoms with Crippen LogP contribution >= 0.6 is 0 Å². The third kappa shape index (κ3) is 7.82. The van der Waals surface area contributed by atoms with Gasteiger partial charge in [0.1, 0.15) is 17.2 Å². The van der Waals surface area contributed by atoms with Crippen molar-refractivity contribution in [2.24, 2.45) is 0 Å². The van der Waals surface area contributed by atoms with Crippen molar-refractivity contribution in [2.45, 2.75) is 33.9 Å². The smallest absolute Gasteiger partial charge is 0.308 e. The second kappa shape index (κ2) is 17.1. The lowest BCUT2D eigenvalue weighted by Gasteiger charge is -2.23. The number of alkyl halides is 3. The van der Waals surface area contributed by atoms with Crippen LogP contribution in [0.2, 0.25) is 0 Å². The molecule has 0 unspecified atom stereocenters. The van der Waals surface area contributed by atoms with Gasteiger partial charge in [0.05, 0.1) is 33.4 Å². The SMILES string of the molecule is Cc1cccc(-c2ccc3c4ccc(-c5cccc(C)c5)cc4n(-c4cc(-c5cc(F)cc(F)c5)cc(-n5c6cc(-c7cccc(C)c7)ccc6c6ccc(-c7cccc(C)c7)cc65)c4C(F)(F)F)c3c2)c1. The van der Waals surface area contributed by atoms with Gasteiger partial charge in [-0.2, -0.15) is 13.2 Å². The fourth-order valence-electron chi connectivity index (χ4n) is 10.7. The Morgan fingerprint density at radius 1 is 0.292 bits per heavy atom. The van der Waals surface area contributed by atoms with Crippen LogP contribution in [-0.4, -0.2) is 9.13 Å². The molecule has 0 fully saturated rings. The van der Waals surface area contributed by atoms with Crippen molar-refractivity contribution in [1.29, 1.82) is 0 Å². The molecule has 350 valence electrons. The van der Waals surface area contributed by atoms with Crippen LogP contribution in [0.1, 0.15) is 27.8 Å². The highest BCUT2D eigenvalue weighted by Gasteiger charge is 2.40. The van der Waals surface area contributed by atoms with E-state index in [9.17, 15) is 0 Å². The number of nitrogens with zero attached hydrogens (tertiary/aromatic N) is 2.